The molecule has 3 rings (SSSR count). The van der Waals surface area contributed by atoms with E-state index in [1.54, 1.807) is 0 Å². The minimum Gasteiger partial charge on any atom is -0.330 e. The molecule has 1 aliphatic rings. The van der Waals surface area contributed by atoms with E-state index >= 15 is 0 Å². The van der Waals surface area contributed by atoms with Crippen molar-refractivity contribution in [1.29, 1.82) is 0 Å². The van der Waals surface area contributed by atoms with Gasteiger partial charge in [-0.05, 0) is 63.1 Å². The van der Waals surface area contributed by atoms with Gasteiger partial charge in [0.15, 0.2) is 0 Å². The van der Waals surface area contributed by atoms with Crippen molar-refractivity contribution in [2.75, 3.05) is 6.54 Å². The van der Waals surface area contributed by atoms with E-state index < -0.39 is 0 Å². The lowest BCUT2D eigenvalue weighted by Gasteiger charge is -2.36. The molecule has 0 spiro atoms. The number of rotatable bonds is 3. The van der Waals surface area contributed by atoms with Crippen molar-refractivity contribution in [3.8, 4) is 0 Å². The van der Waals surface area contributed by atoms with Crippen molar-refractivity contribution in [1.82, 2.24) is 9.78 Å². The summed E-state index contributed by atoms with van der Waals surface area (Å²) < 4.78 is 2.22. The molecule has 1 heterocycles. The molecule has 3 atom stereocenters. The normalized spacial score (nSPS) is 26.0. The van der Waals surface area contributed by atoms with Gasteiger partial charge in [0.05, 0.1) is 11.7 Å². The van der Waals surface area contributed by atoms with Crippen LogP contribution in [0.3, 0.4) is 0 Å². The van der Waals surface area contributed by atoms with E-state index in [0.717, 1.165) is 18.7 Å². The lowest BCUT2D eigenvalue weighted by molar-refractivity contribution is 0.205. The summed E-state index contributed by atoms with van der Waals surface area (Å²) in [4.78, 5) is 0. The highest BCUT2D eigenvalue weighted by atomic mass is 15.3. The van der Waals surface area contributed by atoms with Crippen LogP contribution in [0.5, 0.6) is 0 Å². The van der Waals surface area contributed by atoms with Gasteiger partial charge in [-0.25, -0.2) is 0 Å². The molecule has 3 heteroatoms. The van der Waals surface area contributed by atoms with Gasteiger partial charge in [-0.3, -0.25) is 4.68 Å². The van der Waals surface area contributed by atoms with Crippen molar-refractivity contribution in [2.24, 2.45) is 11.7 Å². The maximum Gasteiger partial charge on any atom is 0.0596 e. The summed E-state index contributed by atoms with van der Waals surface area (Å²) in [7, 11) is 0. The third kappa shape index (κ3) is 2.88. The molecular weight excluding hydrogens is 258 g/mol. The van der Waals surface area contributed by atoms with Crippen LogP contribution in [0, 0.1) is 19.8 Å². The predicted molar refractivity (Wildman–Crippen MR) is 86.3 cm³/mol. The van der Waals surface area contributed by atoms with E-state index in [1.807, 2.05) is 0 Å². The highest BCUT2D eigenvalue weighted by Gasteiger charge is 2.32. The molecular formula is C18H25N3. The summed E-state index contributed by atoms with van der Waals surface area (Å²) in [6, 6.07) is 13.5. The number of benzene rings is 1. The van der Waals surface area contributed by atoms with Crippen LogP contribution < -0.4 is 5.73 Å². The second-order valence-electron chi connectivity index (χ2n) is 6.36. The topological polar surface area (TPSA) is 43.8 Å². The first-order valence-electron chi connectivity index (χ1n) is 7.96. The molecule has 1 aromatic heterocycles. The summed E-state index contributed by atoms with van der Waals surface area (Å²) in [5.41, 5.74) is 9.85. The summed E-state index contributed by atoms with van der Waals surface area (Å²) in [5.74, 6) is 1.17. The smallest absolute Gasteiger partial charge is 0.0596 e. The van der Waals surface area contributed by atoms with E-state index in [2.05, 4.69) is 54.9 Å². The Morgan fingerprint density at radius 3 is 2.57 bits per heavy atom. The largest absolute Gasteiger partial charge is 0.330 e. The average molecular weight is 283 g/mol. The second kappa shape index (κ2) is 6.02. The van der Waals surface area contributed by atoms with Crippen LogP contribution in [0.4, 0.5) is 0 Å². The molecule has 2 N–H and O–H groups in total. The first kappa shape index (κ1) is 14.3. The van der Waals surface area contributed by atoms with Gasteiger partial charge in [0.2, 0.25) is 0 Å². The molecule has 0 bridgehead atoms. The first-order valence-corrected chi connectivity index (χ1v) is 7.96. The van der Waals surface area contributed by atoms with Crippen LogP contribution in [0.15, 0.2) is 36.4 Å². The monoisotopic (exact) mass is 283 g/mol. The molecule has 3 unspecified atom stereocenters. The number of hydrogen-bond acceptors (Lipinski definition) is 2. The van der Waals surface area contributed by atoms with Crippen LogP contribution >= 0.6 is 0 Å². The molecule has 0 radical (unpaired) electrons. The van der Waals surface area contributed by atoms with Gasteiger partial charge < -0.3 is 5.73 Å². The molecule has 0 saturated heterocycles. The van der Waals surface area contributed by atoms with Gasteiger partial charge in [0, 0.05) is 5.69 Å². The van der Waals surface area contributed by atoms with Crippen LogP contribution in [0.1, 0.15) is 48.2 Å². The third-order valence-electron chi connectivity index (χ3n) is 4.89. The quantitative estimate of drug-likeness (QED) is 0.935. The summed E-state index contributed by atoms with van der Waals surface area (Å²) in [6.07, 6.45) is 3.58. The zero-order valence-electron chi connectivity index (χ0n) is 13.0. The number of aryl methyl sites for hydroxylation is 2. The Balaban J connectivity index is 1.87. The Kier molecular flexibility index (Phi) is 4.11. The summed E-state index contributed by atoms with van der Waals surface area (Å²) in [5, 5.41) is 4.72. The Morgan fingerprint density at radius 2 is 1.95 bits per heavy atom. The fourth-order valence-corrected chi connectivity index (χ4v) is 3.79. The fraction of sp³-hybridized carbons (Fsp3) is 0.500. The second-order valence-corrected chi connectivity index (χ2v) is 6.36. The molecule has 1 aromatic carbocycles. The Labute approximate surface area is 127 Å². The van der Waals surface area contributed by atoms with E-state index in [9.17, 15) is 0 Å². The van der Waals surface area contributed by atoms with Crippen LogP contribution in [0.2, 0.25) is 0 Å². The highest BCUT2D eigenvalue weighted by molar-refractivity contribution is 5.21. The van der Waals surface area contributed by atoms with E-state index in [-0.39, 0.29) is 0 Å². The lowest BCUT2D eigenvalue weighted by atomic mass is 9.75. The zero-order chi connectivity index (χ0) is 14.8. The molecule has 1 aliphatic carbocycles. The Morgan fingerprint density at radius 1 is 1.19 bits per heavy atom. The van der Waals surface area contributed by atoms with Crippen molar-refractivity contribution in [3.05, 3.63) is 53.3 Å². The van der Waals surface area contributed by atoms with Crippen molar-refractivity contribution in [2.45, 2.75) is 45.1 Å². The van der Waals surface area contributed by atoms with Gasteiger partial charge in [0.1, 0.15) is 0 Å². The minimum atomic E-state index is 0.433. The molecule has 0 aliphatic heterocycles. The van der Waals surface area contributed by atoms with Gasteiger partial charge in [0.25, 0.3) is 0 Å². The minimum absolute atomic E-state index is 0.433. The fourth-order valence-electron chi connectivity index (χ4n) is 3.79. The molecule has 1 fully saturated rings. The van der Waals surface area contributed by atoms with Gasteiger partial charge >= 0.3 is 0 Å². The zero-order valence-corrected chi connectivity index (χ0v) is 13.0. The predicted octanol–water partition coefficient (Wildman–Crippen LogP) is 3.58. The molecule has 1 saturated carbocycles. The maximum absolute atomic E-state index is 6.03. The van der Waals surface area contributed by atoms with E-state index in [4.69, 9.17) is 10.8 Å². The third-order valence-corrected chi connectivity index (χ3v) is 4.89. The number of nitrogens with two attached hydrogens (primary N) is 1. The summed E-state index contributed by atoms with van der Waals surface area (Å²) in [6.45, 7) is 4.97. The van der Waals surface area contributed by atoms with Crippen molar-refractivity contribution in [3.63, 3.8) is 0 Å². The average Bonchev–Trinajstić information content (AvgIpc) is 2.86. The molecule has 21 heavy (non-hydrogen) atoms. The standard InChI is InChI=1S/C18H25N3/c1-13-10-14(2)21(20-13)18-11-16(8-9-17(18)12-19)15-6-4-3-5-7-15/h3-7,10,16-18H,8-9,11-12,19H2,1-2H3. The molecule has 0 amide bonds. The molecule has 3 nitrogen and oxygen atoms in total. The SMILES string of the molecule is Cc1cc(C)n(C2CC(c3ccccc3)CCC2CN)n1. The highest BCUT2D eigenvalue weighted by Crippen LogP contribution is 2.42. The van der Waals surface area contributed by atoms with Gasteiger partial charge in [-0.1, -0.05) is 30.3 Å². The van der Waals surface area contributed by atoms with Gasteiger partial charge in [-0.2, -0.15) is 5.10 Å². The number of nitrogens with zero attached hydrogens (tertiary/aromatic N) is 2. The maximum atomic E-state index is 6.03. The van der Waals surface area contributed by atoms with Crippen LogP contribution in [-0.2, 0) is 0 Å². The van der Waals surface area contributed by atoms with E-state index in [0.29, 0.717) is 17.9 Å². The number of aromatic nitrogens is 2. The van der Waals surface area contributed by atoms with Crippen LogP contribution in [0.25, 0.3) is 0 Å². The first-order chi connectivity index (χ1) is 10.2. The van der Waals surface area contributed by atoms with E-state index in [1.165, 1.54) is 24.1 Å². The molecule has 2 aromatic rings. The van der Waals surface area contributed by atoms with Gasteiger partial charge in [-0.15, -0.1) is 0 Å². The molecule has 112 valence electrons. The Hall–Kier alpha value is -1.61. The lowest BCUT2D eigenvalue weighted by Crippen LogP contribution is -2.33. The van der Waals surface area contributed by atoms with Crippen molar-refractivity contribution < 1.29 is 0 Å². The Bertz CT molecular complexity index is 588. The summed E-state index contributed by atoms with van der Waals surface area (Å²) >= 11 is 0. The number of hydrogen-bond donors (Lipinski definition) is 1. The van der Waals surface area contributed by atoms with Crippen molar-refractivity contribution >= 4 is 0 Å². The van der Waals surface area contributed by atoms with Crippen LogP contribution in [-0.4, -0.2) is 16.3 Å².